The van der Waals surface area contributed by atoms with Crippen LogP contribution in [0.1, 0.15) is 36.8 Å². The first kappa shape index (κ1) is 27.9. The molecule has 3 aromatic rings. The highest BCUT2D eigenvalue weighted by molar-refractivity contribution is 6.31. The summed E-state index contributed by atoms with van der Waals surface area (Å²) < 4.78 is 45.6. The lowest BCUT2D eigenvalue weighted by Crippen LogP contribution is -2.50. The van der Waals surface area contributed by atoms with Crippen molar-refractivity contribution in [2.75, 3.05) is 37.7 Å². The molecule has 11 heteroatoms. The molecule has 0 unspecified atom stereocenters. The van der Waals surface area contributed by atoms with E-state index in [4.69, 9.17) is 26.6 Å². The molecule has 40 heavy (non-hydrogen) atoms. The molecule has 1 aliphatic heterocycles. The zero-order chi connectivity index (χ0) is 28.3. The maximum Gasteiger partial charge on any atom is 0.417 e. The molecule has 0 atom stereocenters. The van der Waals surface area contributed by atoms with Gasteiger partial charge in [-0.15, -0.1) is 0 Å². The normalized spacial score (nSPS) is 18.1. The summed E-state index contributed by atoms with van der Waals surface area (Å²) in [5.41, 5.74) is 0.434. The van der Waals surface area contributed by atoms with Crippen molar-refractivity contribution in [1.82, 2.24) is 9.88 Å². The van der Waals surface area contributed by atoms with Crippen LogP contribution in [0.4, 0.5) is 24.7 Å². The minimum Gasteiger partial charge on any atom is -0.368 e. The van der Waals surface area contributed by atoms with Gasteiger partial charge in [0.15, 0.2) is 0 Å². The highest BCUT2D eigenvalue weighted by Gasteiger charge is 2.34. The zero-order valence-electron chi connectivity index (χ0n) is 21.6. The number of benzene rings is 2. The van der Waals surface area contributed by atoms with Crippen LogP contribution in [0.25, 0.3) is 10.9 Å². The van der Waals surface area contributed by atoms with Gasteiger partial charge in [-0.3, -0.25) is 9.79 Å². The van der Waals surface area contributed by atoms with Crippen molar-refractivity contribution < 1.29 is 22.7 Å². The SMILES string of the molecule is N#Cc1ccc(N=C2CCC(OCC(=O)N3CCN(c4ccc5cc(Cl)ccc5n4)CC3)CC2)cc1C(F)(F)F. The fourth-order valence-corrected chi connectivity index (χ4v) is 5.23. The predicted octanol–water partition coefficient (Wildman–Crippen LogP) is 6.16. The number of alkyl halides is 3. The number of carbonyl (C=O) groups excluding carboxylic acids is 1. The number of amides is 1. The molecule has 7 nitrogen and oxygen atoms in total. The van der Waals surface area contributed by atoms with Gasteiger partial charge in [-0.1, -0.05) is 11.6 Å². The monoisotopic (exact) mass is 569 g/mol. The second-order valence-corrected chi connectivity index (χ2v) is 10.3. The van der Waals surface area contributed by atoms with Gasteiger partial charge in [-0.05, 0) is 74.2 Å². The summed E-state index contributed by atoms with van der Waals surface area (Å²) >= 11 is 6.06. The molecule has 2 aliphatic rings. The first-order chi connectivity index (χ1) is 19.2. The number of aromatic nitrogens is 1. The highest BCUT2D eigenvalue weighted by atomic mass is 35.5. The molecule has 2 aromatic carbocycles. The Morgan fingerprint density at radius 1 is 1.07 bits per heavy atom. The van der Waals surface area contributed by atoms with Gasteiger partial charge in [0.05, 0.1) is 34.5 Å². The van der Waals surface area contributed by atoms with Crippen LogP contribution in [-0.4, -0.2) is 60.4 Å². The van der Waals surface area contributed by atoms with Crippen LogP contribution in [0.5, 0.6) is 0 Å². The second kappa shape index (κ2) is 11.8. The molecule has 1 saturated carbocycles. The minimum atomic E-state index is -4.62. The molecule has 1 aromatic heterocycles. The van der Waals surface area contributed by atoms with Gasteiger partial charge in [0.1, 0.15) is 12.4 Å². The van der Waals surface area contributed by atoms with E-state index in [1.165, 1.54) is 6.07 Å². The van der Waals surface area contributed by atoms with E-state index in [1.54, 1.807) is 11.0 Å². The van der Waals surface area contributed by atoms with Crippen molar-refractivity contribution in [1.29, 1.82) is 5.26 Å². The largest absolute Gasteiger partial charge is 0.417 e. The Kier molecular flexibility index (Phi) is 8.24. The van der Waals surface area contributed by atoms with Crippen LogP contribution in [0.3, 0.4) is 0 Å². The molecule has 208 valence electrons. The minimum absolute atomic E-state index is 0.00328. The van der Waals surface area contributed by atoms with Crippen molar-refractivity contribution in [3.8, 4) is 6.07 Å². The molecule has 0 spiro atoms. The lowest BCUT2D eigenvalue weighted by molar-refractivity contribution is -0.139. The summed E-state index contributed by atoms with van der Waals surface area (Å²) in [4.78, 5) is 25.9. The summed E-state index contributed by atoms with van der Waals surface area (Å²) in [5.74, 6) is 0.811. The van der Waals surface area contributed by atoms with Gasteiger partial charge in [-0.2, -0.15) is 18.4 Å². The third-order valence-electron chi connectivity index (χ3n) is 7.26. The molecule has 2 fully saturated rings. The number of aliphatic imine (C=N–C) groups is 1. The highest BCUT2D eigenvalue weighted by Crippen LogP contribution is 2.35. The number of nitriles is 1. The third kappa shape index (κ3) is 6.54. The predicted molar refractivity (Wildman–Crippen MR) is 147 cm³/mol. The summed E-state index contributed by atoms with van der Waals surface area (Å²) in [6, 6.07) is 14.6. The van der Waals surface area contributed by atoms with Crippen LogP contribution < -0.4 is 4.90 Å². The Bertz CT molecular complexity index is 1470. The zero-order valence-corrected chi connectivity index (χ0v) is 22.4. The second-order valence-electron chi connectivity index (χ2n) is 9.90. The van der Waals surface area contributed by atoms with Gasteiger partial charge in [0.2, 0.25) is 5.91 Å². The Morgan fingerprint density at radius 3 is 2.52 bits per heavy atom. The van der Waals surface area contributed by atoms with Crippen molar-refractivity contribution >= 4 is 45.6 Å². The maximum absolute atomic E-state index is 13.2. The lowest BCUT2D eigenvalue weighted by atomic mass is 9.95. The van der Waals surface area contributed by atoms with Crippen molar-refractivity contribution in [2.24, 2.45) is 4.99 Å². The number of halogens is 4. The van der Waals surface area contributed by atoms with E-state index < -0.39 is 17.3 Å². The number of rotatable bonds is 5. The fraction of sp³-hybridized carbons (Fsp3) is 0.379. The molecule has 0 radical (unpaired) electrons. The van der Waals surface area contributed by atoms with Crippen LogP contribution in [0.15, 0.2) is 53.5 Å². The molecule has 0 N–H and O–H groups in total. The van der Waals surface area contributed by atoms with Crippen LogP contribution in [0, 0.1) is 11.3 Å². The molecule has 0 bridgehead atoms. The average Bonchev–Trinajstić information content (AvgIpc) is 2.96. The number of carbonyl (C=O) groups is 1. The number of nitrogens with zero attached hydrogens (tertiary/aromatic N) is 5. The van der Waals surface area contributed by atoms with Crippen molar-refractivity contribution in [3.05, 3.63) is 64.7 Å². The third-order valence-corrected chi connectivity index (χ3v) is 7.50. The number of piperazine rings is 1. The van der Waals surface area contributed by atoms with Gasteiger partial charge in [0, 0.05) is 42.3 Å². The first-order valence-electron chi connectivity index (χ1n) is 13.1. The standard InChI is InChI=1S/C29H27ClF3N5O2/c30-21-3-9-26-19(15-21)2-10-27(36-26)37-11-13-38(14-12-37)28(39)18-40-24-7-5-22(6-8-24)35-23-4-1-20(17-34)25(16-23)29(31,32)33/h1-4,9-10,15-16,24H,5-8,11-14,18H2. The van der Waals surface area contributed by atoms with E-state index in [-0.39, 0.29) is 24.3 Å². The number of ether oxygens (including phenoxy) is 1. The lowest BCUT2D eigenvalue weighted by Gasteiger charge is -2.35. The molecule has 1 amide bonds. The van der Waals surface area contributed by atoms with Crippen molar-refractivity contribution in [2.45, 2.75) is 38.0 Å². The van der Waals surface area contributed by atoms with Gasteiger partial charge in [0.25, 0.3) is 0 Å². The molecule has 2 heterocycles. The van der Waals surface area contributed by atoms with Gasteiger partial charge in [-0.25, -0.2) is 4.98 Å². The fourth-order valence-electron chi connectivity index (χ4n) is 5.05. The Hall–Kier alpha value is -3.68. The number of fused-ring (bicyclic) bond motifs is 1. The van der Waals surface area contributed by atoms with E-state index in [0.717, 1.165) is 34.6 Å². The molecular formula is C29H27ClF3N5O2. The van der Waals surface area contributed by atoms with E-state index in [0.29, 0.717) is 56.9 Å². The number of hydrogen-bond donors (Lipinski definition) is 0. The van der Waals surface area contributed by atoms with Gasteiger partial charge < -0.3 is 14.5 Å². The van der Waals surface area contributed by atoms with Crippen LogP contribution >= 0.6 is 11.6 Å². The van der Waals surface area contributed by atoms with E-state index >= 15 is 0 Å². The quantitative estimate of drug-likeness (QED) is 0.368. The average molecular weight is 570 g/mol. The number of pyridine rings is 1. The summed E-state index contributed by atoms with van der Waals surface area (Å²) in [6.07, 6.45) is -2.30. The van der Waals surface area contributed by atoms with Crippen LogP contribution in [0.2, 0.25) is 5.02 Å². The smallest absolute Gasteiger partial charge is 0.368 e. The molecule has 1 saturated heterocycles. The van der Waals surface area contributed by atoms with E-state index in [9.17, 15) is 18.0 Å². The summed E-state index contributed by atoms with van der Waals surface area (Å²) in [5, 5.41) is 10.6. The van der Waals surface area contributed by atoms with E-state index in [2.05, 4.69) is 9.89 Å². The Balaban J connectivity index is 1.08. The first-order valence-corrected chi connectivity index (χ1v) is 13.5. The molecule has 1 aliphatic carbocycles. The molecule has 5 rings (SSSR count). The van der Waals surface area contributed by atoms with Gasteiger partial charge >= 0.3 is 6.18 Å². The Labute approximate surface area is 234 Å². The Morgan fingerprint density at radius 2 is 1.82 bits per heavy atom. The topological polar surface area (TPSA) is 81.8 Å². The van der Waals surface area contributed by atoms with Crippen molar-refractivity contribution in [3.63, 3.8) is 0 Å². The van der Waals surface area contributed by atoms with E-state index in [1.807, 2.05) is 30.3 Å². The summed E-state index contributed by atoms with van der Waals surface area (Å²) in [7, 11) is 0. The van der Waals surface area contributed by atoms with Crippen LogP contribution in [-0.2, 0) is 15.7 Å². The maximum atomic E-state index is 13.2. The summed E-state index contributed by atoms with van der Waals surface area (Å²) in [6.45, 7) is 2.50. The number of anilines is 1. The number of hydrogen-bond acceptors (Lipinski definition) is 6. The molecular weight excluding hydrogens is 543 g/mol.